The maximum Gasteiger partial charge on any atom is 0.303 e. The van der Waals surface area contributed by atoms with Gasteiger partial charge in [0.2, 0.25) is 5.91 Å². The van der Waals surface area contributed by atoms with E-state index in [9.17, 15) is 14.4 Å². The Bertz CT molecular complexity index is 858. The van der Waals surface area contributed by atoms with Gasteiger partial charge in [-0.1, -0.05) is 38.5 Å². The number of likely N-dealkylation sites (tertiary alicyclic amines) is 1. The van der Waals surface area contributed by atoms with Crippen LogP contribution in [0.1, 0.15) is 71.3 Å². The molecule has 0 aromatic heterocycles. The lowest BCUT2D eigenvalue weighted by Gasteiger charge is -2.43. The van der Waals surface area contributed by atoms with Crippen molar-refractivity contribution in [3.63, 3.8) is 0 Å². The number of carboxylic acid groups (broad SMARTS) is 1. The summed E-state index contributed by atoms with van der Waals surface area (Å²) in [6, 6.07) is 7.93. The number of fused-ring (bicyclic) bond motifs is 1. The minimum Gasteiger partial charge on any atom is -0.481 e. The van der Waals surface area contributed by atoms with Gasteiger partial charge in [-0.05, 0) is 61.5 Å². The number of hydrogen-bond acceptors (Lipinski definition) is 4. The Labute approximate surface area is 196 Å². The molecule has 182 valence electrons. The second kappa shape index (κ2) is 10.6. The van der Waals surface area contributed by atoms with Crippen molar-refractivity contribution in [2.75, 3.05) is 19.6 Å². The van der Waals surface area contributed by atoms with Gasteiger partial charge in [0, 0.05) is 26.1 Å². The molecule has 33 heavy (non-hydrogen) atoms. The van der Waals surface area contributed by atoms with Crippen LogP contribution in [0.3, 0.4) is 0 Å². The molecule has 0 radical (unpaired) electrons. The summed E-state index contributed by atoms with van der Waals surface area (Å²) in [6.07, 6.45) is 5.36. The van der Waals surface area contributed by atoms with Gasteiger partial charge in [-0.15, -0.1) is 0 Å². The number of carbonyl (C=O) groups excluding carboxylic acids is 2. The van der Waals surface area contributed by atoms with Crippen LogP contribution in [0.4, 0.5) is 0 Å². The van der Waals surface area contributed by atoms with E-state index in [0.717, 1.165) is 49.8 Å². The van der Waals surface area contributed by atoms with E-state index in [-0.39, 0.29) is 30.1 Å². The number of para-hydroxylation sites is 1. The van der Waals surface area contributed by atoms with E-state index < -0.39 is 17.5 Å². The van der Waals surface area contributed by atoms with E-state index in [1.807, 2.05) is 36.9 Å². The normalized spacial score (nSPS) is 21.7. The number of ether oxygens (including phenoxy) is 1. The lowest BCUT2D eigenvalue weighted by Crippen LogP contribution is -2.50. The second-order valence-corrected chi connectivity index (χ2v) is 10.6. The van der Waals surface area contributed by atoms with Crippen LogP contribution >= 0.6 is 0 Å². The molecule has 2 heterocycles. The number of benzene rings is 1. The first kappa shape index (κ1) is 25.1. The zero-order valence-electron chi connectivity index (χ0n) is 20.2. The molecule has 7 heteroatoms. The van der Waals surface area contributed by atoms with Gasteiger partial charge < -0.3 is 20.1 Å². The lowest BCUT2D eigenvalue weighted by molar-refractivity contribution is -0.141. The van der Waals surface area contributed by atoms with Crippen LogP contribution in [0, 0.1) is 10.8 Å². The van der Waals surface area contributed by atoms with Crippen LogP contribution in [-0.4, -0.2) is 53.5 Å². The number of aryl methyl sites for hydroxylation is 1. The summed E-state index contributed by atoms with van der Waals surface area (Å²) in [6.45, 7) is 7.32. The number of nitrogens with one attached hydrogen (secondary N) is 1. The SMILES string of the molecule is C[C@H]1Oc2ccccc2CCCCC2(CCN(C(=O)CC(C)(C)CC(=O)O)CC2)CNC1=O. The maximum absolute atomic E-state index is 12.8. The summed E-state index contributed by atoms with van der Waals surface area (Å²) >= 11 is 0. The zero-order chi connectivity index (χ0) is 24.1. The fourth-order valence-electron chi connectivity index (χ4n) is 5.04. The average Bonchev–Trinajstić information content (AvgIpc) is 2.74. The standard InChI is InChI=1S/C26H38N2O5/c1-19-24(32)27-18-26(11-7-6-9-20-8-4-5-10-21(20)33-19)12-14-28(15-13-26)22(29)16-25(2,3)17-23(30)31/h4-5,8,10,19H,6-7,9,11-18H2,1-3H3,(H,27,32)(H,30,31)/t19-/m1/s1. The monoisotopic (exact) mass is 458 g/mol. The predicted molar refractivity (Wildman–Crippen MR) is 126 cm³/mol. The molecule has 2 amide bonds. The van der Waals surface area contributed by atoms with Gasteiger partial charge >= 0.3 is 5.97 Å². The number of rotatable bonds is 4. The van der Waals surface area contributed by atoms with Crippen molar-refractivity contribution in [3.05, 3.63) is 29.8 Å². The Balaban J connectivity index is 1.63. The molecule has 0 saturated carbocycles. The minimum atomic E-state index is -0.879. The van der Waals surface area contributed by atoms with Crippen molar-refractivity contribution in [1.29, 1.82) is 0 Å². The molecule has 1 aromatic carbocycles. The molecular formula is C26H38N2O5. The fraction of sp³-hybridized carbons (Fsp3) is 0.654. The molecule has 3 rings (SSSR count). The lowest BCUT2D eigenvalue weighted by atomic mass is 9.73. The molecule has 0 bridgehead atoms. The summed E-state index contributed by atoms with van der Waals surface area (Å²) in [7, 11) is 0. The Kier molecular flexibility index (Phi) is 8.03. The Morgan fingerprint density at radius 1 is 1.15 bits per heavy atom. The Morgan fingerprint density at radius 3 is 2.55 bits per heavy atom. The number of hydrogen-bond donors (Lipinski definition) is 2. The summed E-state index contributed by atoms with van der Waals surface area (Å²) in [4.78, 5) is 38.5. The van der Waals surface area contributed by atoms with Gasteiger partial charge in [-0.3, -0.25) is 14.4 Å². The third-order valence-corrected chi connectivity index (χ3v) is 7.12. The zero-order valence-corrected chi connectivity index (χ0v) is 20.2. The van der Waals surface area contributed by atoms with E-state index in [4.69, 9.17) is 9.84 Å². The number of carbonyl (C=O) groups is 3. The van der Waals surface area contributed by atoms with E-state index >= 15 is 0 Å². The fourth-order valence-corrected chi connectivity index (χ4v) is 5.04. The highest BCUT2D eigenvalue weighted by Crippen LogP contribution is 2.38. The minimum absolute atomic E-state index is 0.0203. The maximum atomic E-state index is 12.8. The summed E-state index contributed by atoms with van der Waals surface area (Å²) in [5.74, 6) is -0.186. The van der Waals surface area contributed by atoms with Gasteiger partial charge in [0.05, 0.1) is 6.42 Å². The topological polar surface area (TPSA) is 95.9 Å². The van der Waals surface area contributed by atoms with Crippen molar-refractivity contribution in [1.82, 2.24) is 10.2 Å². The highest BCUT2D eigenvalue weighted by atomic mass is 16.5. The molecule has 1 atom stereocenters. The molecule has 0 aliphatic carbocycles. The van der Waals surface area contributed by atoms with Crippen molar-refractivity contribution in [3.8, 4) is 5.75 Å². The molecular weight excluding hydrogens is 420 g/mol. The third kappa shape index (κ3) is 6.95. The number of piperidine rings is 1. The van der Waals surface area contributed by atoms with Crippen LogP contribution in [0.15, 0.2) is 24.3 Å². The second-order valence-electron chi connectivity index (χ2n) is 10.6. The first-order valence-corrected chi connectivity index (χ1v) is 12.1. The van der Waals surface area contributed by atoms with Gasteiger partial charge in [0.15, 0.2) is 6.10 Å². The molecule has 1 fully saturated rings. The van der Waals surface area contributed by atoms with Crippen molar-refractivity contribution < 1.29 is 24.2 Å². The number of aliphatic carboxylic acids is 1. The van der Waals surface area contributed by atoms with Crippen molar-refractivity contribution in [2.45, 2.75) is 78.2 Å². The smallest absolute Gasteiger partial charge is 0.303 e. The molecule has 1 saturated heterocycles. The number of amides is 2. The number of nitrogens with zero attached hydrogens (tertiary/aromatic N) is 1. The van der Waals surface area contributed by atoms with E-state index in [0.29, 0.717) is 19.6 Å². The van der Waals surface area contributed by atoms with Gasteiger partial charge in [-0.2, -0.15) is 0 Å². The predicted octanol–water partition coefficient (Wildman–Crippen LogP) is 3.80. The highest BCUT2D eigenvalue weighted by molar-refractivity contribution is 5.81. The van der Waals surface area contributed by atoms with Crippen LogP contribution < -0.4 is 10.1 Å². The van der Waals surface area contributed by atoms with Crippen LogP contribution in [0.25, 0.3) is 0 Å². The average molecular weight is 459 g/mol. The Morgan fingerprint density at radius 2 is 1.85 bits per heavy atom. The van der Waals surface area contributed by atoms with E-state index in [1.165, 1.54) is 0 Å². The molecule has 1 aromatic rings. The molecule has 2 aliphatic rings. The molecule has 2 aliphatic heterocycles. The quantitative estimate of drug-likeness (QED) is 0.716. The van der Waals surface area contributed by atoms with Crippen molar-refractivity contribution >= 4 is 17.8 Å². The van der Waals surface area contributed by atoms with Crippen LogP contribution in [0.2, 0.25) is 0 Å². The van der Waals surface area contributed by atoms with Gasteiger partial charge in [0.25, 0.3) is 5.91 Å². The molecule has 0 unspecified atom stereocenters. The summed E-state index contributed by atoms with van der Waals surface area (Å²) in [5.41, 5.74) is 0.545. The van der Waals surface area contributed by atoms with Crippen LogP contribution in [0.5, 0.6) is 5.75 Å². The molecule has 2 N–H and O–H groups in total. The molecule has 7 nitrogen and oxygen atoms in total. The first-order chi connectivity index (χ1) is 15.6. The van der Waals surface area contributed by atoms with Crippen molar-refractivity contribution in [2.24, 2.45) is 10.8 Å². The van der Waals surface area contributed by atoms with Gasteiger partial charge in [0.1, 0.15) is 5.75 Å². The largest absolute Gasteiger partial charge is 0.481 e. The van der Waals surface area contributed by atoms with Crippen LogP contribution in [-0.2, 0) is 20.8 Å². The third-order valence-electron chi connectivity index (χ3n) is 7.12. The Hall–Kier alpha value is -2.57. The van der Waals surface area contributed by atoms with Gasteiger partial charge in [-0.25, -0.2) is 0 Å². The summed E-state index contributed by atoms with van der Waals surface area (Å²) in [5, 5.41) is 12.2. The van der Waals surface area contributed by atoms with E-state index in [1.54, 1.807) is 6.92 Å². The van der Waals surface area contributed by atoms with E-state index in [2.05, 4.69) is 11.4 Å². The number of carboxylic acids is 1. The summed E-state index contributed by atoms with van der Waals surface area (Å²) < 4.78 is 5.97. The highest BCUT2D eigenvalue weighted by Gasteiger charge is 2.37. The first-order valence-electron chi connectivity index (χ1n) is 12.1. The molecule has 1 spiro atoms.